The molecule has 2 fully saturated rings. The molecule has 0 saturated carbocycles. The van der Waals surface area contributed by atoms with Crippen LogP contribution < -0.4 is 4.90 Å². The maximum absolute atomic E-state index is 12.9. The molecule has 1 aromatic heterocycles. The summed E-state index contributed by atoms with van der Waals surface area (Å²) in [4.78, 5) is 24.4. The minimum atomic E-state index is 0.118. The third-order valence-electron chi connectivity index (χ3n) is 6.52. The second-order valence-corrected chi connectivity index (χ2v) is 8.62. The molecule has 6 nitrogen and oxygen atoms in total. The topological polar surface area (TPSA) is 44.6 Å². The Morgan fingerprint density at radius 1 is 0.967 bits per heavy atom. The number of para-hydroxylation sites is 2. The first-order valence-electron chi connectivity index (χ1n) is 10.8. The van der Waals surface area contributed by atoms with E-state index in [9.17, 15) is 4.79 Å². The fourth-order valence-electron chi connectivity index (χ4n) is 4.62. The van der Waals surface area contributed by atoms with Crippen LogP contribution in [0.25, 0.3) is 22.4 Å². The van der Waals surface area contributed by atoms with Gasteiger partial charge in [-0.25, -0.2) is 4.98 Å². The number of anilines is 1. The maximum Gasteiger partial charge on any atom is 0.229 e. The van der Waals surface area contributed by atoms with Gasteiger partial charge < -0.3 is 19.3 Å². The zero-order valence-electron chi connectivity index (χ0n) is 17.8. The Morgan fingerprint density at radius 2 is 1.80 bits per heavy atom. The van der Waals surface area contributed by atoms with Crippen molar-refractivity contribution in [2.24, 2.45) is 13.0 Å². The standard InChI is InChI=1S/C24H29N5O/c1-26-11-6-12-28(14-13-26)24(30)19-16-29(17-19)20-8-5-7-18(15-20)23-25-21-9-3-4-10-22(21)27(23)2/h3-5,7-10,15,19H,6,11-14,16-17H2,1-2H3. The van der Waals surface area contributed by atoms with Crippen LogP contribution in [-0.2, 0) is 11.8 Å². The highest BCUT2D eigenvalue weighted by Gasteiger charge is 2.36. The SMILES string of the molecule is CN1CCCN(C(=O)C2CN(c3cccc(-c4nc5ccccc5n4C)c3)C2)CC1. The highest BCUT2D eigenvalue weighted by Crippen LogP contribution is 2.31. The molecule has 0 unspecified atom stereocenters. The molecule has 1 amide bonds. The van der Waals surface area contributed by atoms with Crippen molar-refractivity contribution in [2.75, 3.05) is 51.2 Å². The first-order chi connectivity index (χ1) is 14.6. The minimum Gasteiger partial charge on any atom is -0.370 e. The van der Waals surface area contributed by atoms with Crippen molar-refractivity contribution in [3.63, 3.8) is 0 Å². The average Bonchev–Trinajstić information content (AvgIpc) is 2.90. The molecule has 0 radical (unpaired) electrons. The summed E-state index contributed by atoms with van der Waals surface area (Å²) in [7, 11) is 4.20. The first-order valence-corrected chi connectivity index (χ1v) is 10.8. The lowest BCUT2D eigenvalue weighted by molar-refractivity contribution is -0.136. The number of rotatable bonds is 3. The summed E-state index contributed by atoms with van der Waals surface area (Å²) in [5, 5.41) is 0. The number of fused-ring (bicyclic) bond motifs is 1. The lowest BCUT2D eigenvalue weighted by Gasteiger charge is -2.42. The molecule has 3 aromatic rings. The van der Waals surface area contributed by atoms with Gasteiger partial charge in [0.15, 0.2) is 0 Å². The fraction of sp³-hybridized carbons (Fsp3) is 0.417. The zero-order chi connectivity index (χ0) is 20.7. The van der Waals surface area contributed by atoms with Crippen molar-refractivity contribution in [1.29, 1.82) is 0 Å². The fourth-order valence-corrected chi connectivity index (χ4v) is 4.62. The monoisotopic (exact) mass is 403 g/mol. The molecule has 2 saturated heterocycles. The summed E-state index contributed by atoms with van der Waals surface area (Å²) in [6, 6.07) is 16.7. The van der Waals surface area contributed by atoms with Gasteiger partial charge in [0.05, 0.1) is 17.0 Å². The number of hydrogen-bond acceptors (Lipinski definition) is 4. The van der Waals surface area contributed by atoms with Crippen LogP contribution in [0.2, 0.25) is 0 Å². The summed E-state index contributed by atoms with van der Waals surface area (Å²) in [5.74, 6) is 1.42. The molecule has 30 heavy (non-hydrogen) atoms. The van der Waals surface area contributed by atoms with E-state index in [1.807, 2.05) is 12.1 Å². The van der Waals surface area contributed by atoms with E-state index >= 15 is 0 Å². The molecule has 156 valence electrons. The van der Waals surface area contributed by atoms with Crippen LogP contribution in [-0.4, -0.2) is 71.6 Å². The lowest BCUT2D eigenvalue weighted by Crippen LogP contribution is -2.55. The Hall–Kier alpha value is -2.86. The Kier molecular flexibility index (Phi) is 4.95. The zero-order valence-corrected chi connectivity index (χ0v) is 17.8. The molecule has 6 heteroatoms. The molecule has 0 bridgehead atoms. The highest BCUT2D eigenvalue weighted by atomic mass is 16.2. The largest absolute Gasteiger partial charge is 0.370 e. The van der Waals surface area contributed by atoms with Gasteiger partial charge in [0.1, 0.15) is 5.82 Å². The average molecular weight is 404 g/mol. The Bertz CT molecular complexity index is 1070. The number of carbonyl (C=O) groups is 1. The van der Waals surface area contributed by atoms with Crippen LogP contribution in [0.5, 0.6) is 0 Å². The van der Waals surface area contributed by atoms with Crippen LogP contribution >= 0.6 is 0 Å². The molecule has 2 aliphatic rings. The van der Waals surface area contributed by atoms with E-state index < -0.39 is 0 Å². The van der Waals surface area contributed by atoms with Gasteiger partial charge in [0.2, 0.25) is 5.91 Å². The van der Waals surface area contributed by atoms with Gasteiger partial charge in [0.25, 0.3) is 0 Å². The van der Waals surface area contributed by atoms with Crippen molar-refractivity contribution in [1.82, 2.24) is 19.4 Å². The summed E-state index contributed by atoms with van der Waals surface area (Å²) < 4.78 is 2.15. The van der Waals surface area contributed by atoms with E-state index in [2.05, 4.69) is 69.8 Å². The lowest BCUT2D eigenvalue weighted by atomic mass is 9.96. The molecule has 2 aliphatic heterocycles. The normalized spacial score (nSPS) is 18.5. The molecule has 3 heterocycles. The molecule has 0 aliphatic carbocycles. The van der Waals surface area contributed by atoms with Crippen LogP contribution in [0.3, 0.4) is 0 Å². The van der Waals surface area contributed by atoms with Gasteiger partial charge in [-0.1, -0.05) is 24.3 Å². The molecule has 2 aromatic carbocycles. The van der Waals surface area contributed by atoms with Gasteiger partial charge >= 0.3 is 0 Å². The van der Waals surface area contributed by atoms with Crippen molar-refractivity contribution < 1.29 is 4.79 Å². The molecule has 0 spiro atoms. The highest BCUT2D eigenvalue weighted by molar-refractivity contribution is 5.83. The first kappa shape index (κ1) is 19.1. The Labute approximate surface area is 177 Å². The third-order valence-corrected chi connectivity index (χ3v) is 6.52. The molecule has 0 N–H and O–H groups in total. The number of likely N-dealkylation sites (N-methyl/N-ethyl adjacent to an activating group) is 1. The van der Waals surface area contributed by atoms with E-state index in [0.717, 1.165) is 68.1 Å². The quantitative estimate of drug-likeness (QED) is 0.675. The molecular weight excluding hydrogens is 374 g/mol. The van der Waals surface area contributed by atoms with Crippen LogP contribution in [0.15, 0.2) is 48.5 Å². The smallest absolute Gasteiger partial charge is 0.229 e. The number of amides is 1. The number of aromatic nitrogens is 2. The van der Waals surface area contributed by atoms with Crippen LogP contribution in [0, 0.1) is 5.92 Å². The van der Waals surface area contributed by atoms with Crippen molar-refractivity contribution in [2.45, 2.75) is 6.42 Å². The van der Waals surface area contributed by atoms with Gasteiger partial charge in [0, 0.05) is 51.0 Å². The molecule has 0 atom stereocenters. The summed E-state index contributed by atoms with van der Waals surface area (Å²) in [5.41, 5.74) is 4.42. The van der Waals surface area contributed by atoms with Gasteiger partial charge in [-0.15, -0.1) is 0 Å². The van der Waals surface area contributed by atoms with E-state index in [1.165, 1.54) is 5.69 Å². The predicted octanol–water partition coefficient (Wildman–Crippen LogP) is 2.84. The number of aryl methyl sites for hydroxylation is 1. The second kappa shape index (κ2) is 7.76. The molecular formula is C24H29N5O. The number of benzene rings is 2. The van der Waals surface area contributed by atoms with Gasteiger partial charge in [-0.05, 0) is 44.3 Å². The number of nitrogens with zero attached hydrogens (tertiary/aromatic N) is 5. The Morgan fingerprint density at radius 3 is 2.63 bits per heavy atom. The number of hydrogen-bond donors (Lipinski definition) is 0. The number of imidazole rings is 1. The van der Waals surface area contributed by atoms with Crippen molar-refractivity contribution >= 4 is 22.6 Å². The molecule has 5 rings (SSSR count). The van der Waals surface area contributed by atoms with Gasteiger partial charge in [-0.3, -0.25) is 4.79 Å². The van der Waals surface area contributed by atoms with Crippen LogP contribution in [0.4, 0.5) is 5.69 Å². The maximum atomic E-state index is 12.9. The van der Waals surface area contributed by atoms with Crippen molar-refractivity contribution in [3.05, 3.63) is 48.5 Å². The summed E-state index contributed by atoms with van der Waals surface area (Å²) >= 11 is 0. The van der Waals surface area contributed by atoms with Crippen LogP contribution in [0.1, 0.15) is 6.42 Å². The van der Waals surface area contributed by atoms with E-state index in [4.69, 9.17) is 4.98 Å². The summed E-state index contributed by atoms with van der Waals surface area (Å²) in [6.45, 7) is 5.40. The number of carbonyl (C=O) groups excluding carboxylic acids is 1. The van der Waals surface area contributed by atoms with E-state index in [0.29, 0.717) is 5.91 Å². The van der Waals surface area contributed by atoms with Crippen molar-refractivity contribution in [3.8, 4) is 11.4 Å². The van der Waals surface area contributed by atoms with Gasteiger partial charge in [-0.2, -0.15) is 0 Å². The van der Waals surface area contributed by atoms with E-state index in [-0.39, 0.29) is 5.92 Å². The third kappa shape index (κ3) is 3.45. The predicted molar refractivity (Wildman–Crippen MR) is 121 cm³/mol. The summed E-state index contributed by atoms with van der Waals surface area (Å²) in [6.07, 6.45) is 1.07. The second-order valence-electron chi connectivity index (χ2n) is 8.62. The van der Waals surface area contributed by atoms with E-state index in [1.54, 1.807) is 0 Å². The minimum absolute atomic E-state index is 0.118. The Balaban J connectivity index is 1.29.